The Morgan fingerprint density at radius 1 is 1.04 bits per heavy atom. The summed E-state index contributed by atoms with van der Waals surface area (Å²) < 4.78 is 0. The molecule has 1 aromatic heterocycles. The normalized spacial score (nSPS) is 11.0. The molecule has 5 nitrogen and oxygen atoms in total. The molecule has 0 aliphatic heterocycles. The van der Waals surface area contributed by atoms with Crippen LogP contribution in [0.15, 0.2) is 30.6 Å². The van der Waals surface area contributed by atoms with Crippen LogP contribution in [0.2, 0.25) is 0 Å². The highest BCUT2D eigenvalue weighted by molar-refractivity contribution is 6.04. The number of hydrogen-bond donors (Lipinski definition) is 2. The van der Waals surface area contributed by atoms with Gasteiger partial charge in [-0.25, -0.2) is 9.97 Å². The number of para-hydroxylation sites is 1. The molecule has 5 heteroatoms. The SMILES string of the molecule is CCCNc1ncc(C(=O)Nc2c(C(C)C)cccc2C(C)C)cn1. The Labute approximate surface area is 150 Å². The quantitative estimate of drug-likeness (QED) is 0.760. The van der Waals surface area contributed by atoms with E-state index in [-0.39, 0.29) is 5.91 Å². The molecular formula is C20H28N4O. The molecule has 0 atom stereocenters. The van der Waals surface area contributed by atoms with Crippen LogP contribution in [0.5, 0.6) is 0 Å². The summed E-state index contributed by atoms with van der Waals surface area (Å²) in [7, 11) is 0. The molecule has 2 aromatic rings. The molecule has 0 spiro atoms. The minimum Gasteiger partial charge on any atom is -0.354 e. The van der Waals surface area contributed by atoms with E-state index in [2.05, 4.69) is 73.4 Å². The highest BCUT2D eigenvalue weighted by atomic mass is 16.1. The van der Waals surface area contributed by atoms with Crippen molar-refractivity contribution in [3.05, 3.63) is 47.3 Å². The van der Waals surface area contributed by atoms with Crippen LogP contribution < -0.4 is 10.6 Å². The van der Waals surface area contributed by atoms with E-state index in [1.54, 1.807) is 12.4 Å². The molecule has 0 saturated carbocycles. The van der Waals surface area contributed by atoms with Crippen molar-refractivity contribution in [1.82, 2.24) is 9.97 Å². The second kappa shape index (κ2) is 8.60. The number of amides is 1. The Morgan fingerprint density at radius 3 is 2.08 bits per heavy atom. The fraction of sp³-hybridized carbons (Fsp3) is 0.450. The lowest BCUT2D eigenvalue weighted by atomic mass is 9.92. The van der Waals surface area contributed by atoms with Crippen LogP contribution in [0.1, 0.15) is 74.4 Å². The maximum Gasteiger partial charge on any atom is 0.258 e. The average molecular weight is 340 g/mol. The first-order chi connectivity index (χ1) is 11.9. The molecule has 134 valence electrons. The zero-order valence-electron chi connectivity index (χ0n) is 15.8. The van der Waals surface area contributed by atoms with Gasteiger partial charge in [0.15, 0.2) is 0 Å². The molecule has 2 rings (SSSR count). The van der Waals surface area contributed by atoms with Gasteiger partial charge in [-0.1, -0.05) is 52.8 Å². The molecule has 1 aromatic carbocycles. The van der Waals surface area contributed by atoms with Crippen molar-refractivity contribution in [3.8, 4) is 0 Å². The number of carbonyl (C=O) groups excluding carboxylic acids is 1. The number of benzene rings is 1. The molecule has 0 fully saturated rings. The number of anilines is 2. The van der Waals surface area contributed by atoms with Gasteiger partial charge in [0.2, 0.25) is 5.95 Å². The van der Waals surface area contributed by atoms with Crippen molar-refractivity contribution >= 4 is 17.5 Å². The predicted molar refractivity (Wildman–Crippen MR) is 103 cm³/mol. The summed E-state index contributed by atoms with van der Waals surface area (Å²) in [5.41, 5.74) is 3.64. The third kappa shape index (κ3) is 4.78. The Hall–Kier alpha value is -2.43. The molecule has 0 bridgehead atoms. The molecule has 0 saturated heterocycles. The molecule has 2 N–H and O–H groups in total. The first kappa shape index (κ1) is 18.9. The Kier molecular flexibility index (Phi) is 6.51. The summed E-state index contributed by atoms with van der Waals surface area (Å²) in [6.45, 7) is 11.4. The van der Waals surface area contributed by atoms with Crippen LogP contribution in [0.25, 0.3) is 0 Å². The van der Waals surface area contributed by atoms with Gasteiger partial charge < -0.3 is 10.6 Å². The fourth-order valence-corrected chi connectivity index (χ4v) is 2.65. The molecule has 0 aliphatic rings. The highest BCUT2D eigenvalue weighted by Crippen LogP contribution is 2.32. The van der Waals surface area contributed by atoms with Crippen LogP contribution in [0.3, 0.4) is 0 Å². The Morgan fingerprint density at radius 2 is 1.60 bits per heavy atom. The smallest absolute Gasteiger partial charge is 0.258 e. The van der Waals surface area contributed by atoms with Crippen LogP contribution in [0, 0.1) is 0 Å². The van der Waals surface area contributed by atoms with E-state index in [0.29, 0.717) is 23.3 Å². The lowest BCUT2D eigenvalue weighted by Gasteiger charge is -2.20. The van der Waals surface area contributed by atoms with Crippen molar-refractivity contribution in [2.24, 2.45) is 0 Å². The van der Waals surface area contributed by atoms with Crippen molar-refractivity contribution < 1.29 is 4.79 Å². The van der Waals surface area contributed by atoms with E-state index in [1.165, 1.54) is 0 Å². The third-order valence-corrected chi connectivity index (χ3v) is 4.06. The maximum atomic E-state index is 12.7. The Balaban J connectivity index is 2.25. The lowest BCUT2D eigenvalue weighted by molar-refractivity contribution is 0.102. The van der Waals surface area contributed by atoms with Gasteiger partial charge in [0.1, 0.15) is 0 Å². The molecule has 25 heavy (non-hydrogen) atoms. The summed E-state index contributed by atoms with van der Waals surface area (Å²) in [4.78, 5) is 21.1. The van der Waals surface area contributed by atoms with Crippen LogP contribution in [-0.2, 0) is 0 Å². The maximum absolute atomic E-state index is 12.7. The van der Waals surface area contributed by atoms with Crippen molar-refractivity contribution in [3.63, 3.8) is 0 Å². The minimum absolute atomic E-state index is 0.183. The van der Waals surface area contributed by atoms with Crippen molar-refractivity contribution in [2.75, 3.05) is 17.2 Å². The minimum atomic E-state index is -0.183. The second-order valence-corrected chi connectivity index (χ2v) is 6.80. The summed E-state index contributed by atoms with van der Waals surface area (Å²) in [5.74, 6) is 1.01. The van der Waals surface area contributed by atoms with E-state index in [4.69, 9.17) is 0 Å². The molecular weight excluding hydrogens is 312 g/mol. The predicted octanol–water partition coefficient (Wildman–Crippen LogP) is 4.80. The number of rotatable bonds is 7. The van der Waals surface area contributed by atoms with E-state index < -0.39 is 0 Å². The monoisotopic (exact) mass is 340 g/mol. The third-order valence-electron chi connectivity index (χ3n) is 4.06. The second-order valence-electron chi connectivity index (χ2n) is 6.80. The lowest BCUT2D eigenvalue weighted by Crippen LogP contribution is -2.17. The summed E-state index contributed by atoms with van der Waals surface area (Å²) in [6, 6.07) is 6.19. The number of hydrogen-bond acceptors (Lipinski definition) is 4. The van der Waals surface area contributed by atoms with E-state index in [9.17, 15) is 4.79 Å². The molecule has 0 radical (unpaired) electrons. The summed E-state index contributed by atoms with van der Waals surface area (Å²) in [5, 5.41) is 6.19. The van der Waals surface area contributed by atoms with Crippen molar-refractivity contribution in [1.29, 1.82) is 0 Å². The number of nitrogens with one attached hydrogen (secondary N) is 2. The zero-order chi connectivity index (χ0) is 18.4. The van der Waals surface area contributed by atoms with E-state index in [1.807, 2.05) is 0 Å². The van der Waals surface area contributed by atoms with Gasteiger partial charge in [0.25, 0.3) is 5.91 Å². The molecule has 1 heterocycles. The standard InChI is InChI=1S/C20H28N4O/c1-6-10-21-20-22-11-15(12-23-20)19(25)24-18-16(13(2)3)8-7-9-17(18)14(4)5/h7-9,11-14H,6,10H2,1-5H3,(H,24,25)(H,21,22,23). The van der Waals surface area contributed by atoms with Crippen LogP contribution in [0.4, 0.5) is 11.6 Å². The number of nitrogens with zero attached hydrogens (tertiary/aromatic N) is 2. The van der Waals surface area contributed by atoms with Gasteiger partial charge in [-0.05, 0) is 29.4 Å². The molecule has 0 aliphatic carbocycles. The van der Waals surface area contributed by atoms with E-state index in [0.717, 1.165) is 29.8 Å². The first-order valence-corrected chi connectivity index (χ1v) is 8.94. The summed E-state index contributed by atoms with van der Waals surface area (Å²) >= 11 is 0. The number of carbonyl (C=O) groups is 1. The van der Waals surface area contributed by atoms with Gasteiger partial charge in [-0.3, -0.25) is 4.79 Å². The Bertz CT molecular complexity index is 682. The summed E-state index contributed by atoms with van der Waals surface area (Å²) in [6.07, 6.45) is 4.12. The van der Waals surface area contributed by atoms with Crippen LogP contribution >= 0.6 is 0 Å². The highest BCUT2D eigenvalue weighted by Gasteiger charge is 2.17. The molecule has 0 unspecified atom stereocenters. The van der Waals surface area contributed by atoms with Gasteiger partial charge in [-0.15, -0.1) is 0 Å². The van der Waals surface area contributed by atoms with Gasteiger partial charge in [-0.2, -0.15) is 0 Å². The zero-order valence-corrected chi connectivity index (χ0v) is 15.8. The molecule has 1 amide bonds. The van der Waals surface area contributed by atoms with Gasteiger partial charge >= 0.3 is 0 Å². The fourth-order valence-electron chi connectivity index (χ4n) is 2.65. The topological polar surface area (TPSA) is 66.9 Å². The van der Waals surface area contributed by atoms with E-state index >= 15 is 0 Å². The van der Waals surface area contributed by atoms with Gasteiger partial charge in [0.05, 0.1) is 5.56 Å². The number of aromatic nitrogens is 2. The van der Waals surface area contributed by atoms with Crippen LogP contribution in [-0.4, -0.2) is 22.4 Å². The average Bonchev–Trinajstić information content (AvgIpc) is 2.60. The largest absolute Gasteiger partial charge is 0.354 e. The van der Waals surface area contributed by atoms with Gasteiger partial charge in [0, 0.05) is 24.6 Å². The first-order valence-electron chi connectivity index (χ1n) is 8.94. The van der Waals surface area contributed by atoms with Crippen molar-refractivity contribution in [2.45, 2.75) is 52.9 Å².